The molecule has 3 heterocycles. The number of rotatable bonds is 6. The molecule has 7 nitrogen and oxygen atoms in total. The van der Waals surface area contributed by atoms with Gasteiger partial charge in [-0.3, -0.25) is 14.6 Å². The van der Waals surface area contributed by atoms with Crippen LogP contribution in [0.4, 0.5) is 5.82 Å². The van der Waals surface area contributed by atoms with Crippen molar-refractivity contribution in [2.45, 2.75) is 26.2 Å². The Kier molecular flexibility index (Phi) is 5.81. The van der Waals surface area contributed by atoms with Crippen LogP contribution in [-0.2, 0) is 11.2 Å². The summed E-state index contributed by atoms with van der Waals surface area (Å²) in [5.74, 6) is 0.590. The molecule has 8 heteroatoms. The van der Waals surface area contributed by atoms with Crippen molar-refractivity contribution in [2.24, 2.45) is 0 Å². The maximum atomic E-state index is 13.1. The number of nitrogens with one attached hydrogen (secondary N) is 2. The number of aromatic nitrogens is 4. The largest absolute Gasteiger partial charge is 0.310 e. The van der Waals surface area contributed by atoms with Crippen LogP contribution in [0.5, 0.6) is 0 Å². The van der Waals surface area contributed by atoms with Crippen molar-refractivity contribution in [3.8, 4) is 16.5 Å². The van der Waals surface area contributed by atoms with Crippen molar-refractivity contribution in [1.82, 2.24) is 19.7 Å². The highest BCUT2D eigenvalue weighted by Gasteiger charge is 2.18. The van der Waals surface area contributed by atoms with Crippen molar-refractivity contribution in [1.29, 1.82) is 0 Å². The molecular formula is C26H23N5O2S. The number of aromatic amines is 1. The van der Waals surface area contributed by atoms with E-state index in [2.05, 4.69) is 20.4 Å². The van der Waals surface area contributed by atoms with Gasteiger partial charge in [0.05, 0.1) is 17.0 Å². The molecule has 0 saturated carbocycles. The van der Waals surface area contributed by atoms with Crippen LogP contribution in [0, 0.1) is 0 Å². The highest BCUT2D eigenvalue weighted by molar-refractivity contribution is 7.13. The Balaban J connectivity index is 1.52. The molecule has 0 aliphatic heterocycles. The molecule has 0 fully saturated rings. The molecule has 5 aromatic rings. The monoisotopic (exact) mass is 469 g/mol. The average Bonchev–Trinajstić information content (AvgIpc) is 3.49. The Morgan fingerprint density at radius 3 is 2.71 bits per heavy atom. The zero-order chi connectivity index (χ0) is 23.7. The zero-order valence-electron chi connectivity index (χ0n) is 18.8. The minimum Gasteiger partial charge on any atom is -0.310 e. The van der Waals surface area contributed by atoms with Gasteiger partial charge in [0, 0.05) is 12.1 Å². The second kappa shape index (κ2) is 9.07. The summed E-state index contributed by atoms with van der Waals surface area (Å²) in [5, 5.41) is 11.7. The fourth-order valence-corrected chi connectivity index (χ4v) is 4.52. The molecule has 1 amide bonds. The third-order valence-electron chi connectivity index (χ3n) is 5.52. The number of nitrogens with zero attached hydrogens (tertiary/aromatic N) is 3. The topological polar surface area (TPSA) is 92.7 Å². The number of benzene rings is 2. The van der Waals surface area contributed by atoms with Crippen LogP contribution in [0.1, 0.15) is 31.0 Å². The minimum absolute atomic E-state index is 0.0674. The molecule has 0 aliphatic rings. The van der Waals surface area contributed by atoms with Gasteiger partial charge in [0.2, 0.25) is 11.9 Å². The molecule has 0 aliphatic carbocycles. The molecule has 0 spiro atoms. The number of hydrogen-bond acceptors (Lipinski definition) is 5. The molecule has 2 aromatic carbocycles. The highest BCUT2D eigenvalue weighted by atomic mass is 32.1. The molecule has 0 unspecified atom stereocenters. The average molecular weight is 470 g/mol. The predicted molar refractivity (Wildman–Crippen MR) is 136 cm³/mol. The predicted octanol–water partition coefficient (Wildman–Crippen LogP) is 5.14. The number of fused-ring (bicyclic) bond motifs is 1. The summed E-state index contributed by atoms with van der Waals surface area (Å²) < 4.78 is 1.49. The maximum absolute atomic E-state index is 13.1. The van der Waals surface area contributed by atoms with E-state index in [1.807, 2.05) is 73.8 Å². The second-order valence-electron chi connectivity index (χ2n) is 8.32. The summed E-state index contributed by atoms with van der Waals surface area (Å²) in [6.45, 7) is 3.94. The summed E-state index contributed by atoms with van der Waals surface area (Å²) in [7, 11) is 0. The second-order valence-corrected chi connectivity index (χ2v) is 9.26. The van der Waals surface area contributed by atoms with Gasteiger partial charge in [-0.2, -0.15) is 9.78 Å². The normalized spacial score (nSPS) is 11.3. The molecule has 0 atom stereocenters. The van der Waals surface area contributed by atoms with Crippen molar-refractivity contribution in [2.75, 3.05) is 5.32 Å². The van der Waals surface area contributed by atoms with Crippen molar-refractivity contribution < 1.29 is 4.79 Å². The number of carbonyl (C=O) groups excluding carboxylic acids is 1. The summed E-state index contributed by atoms with van der Waals surface area (Å²) in [4.78, 5) is 33.7. The van der Waals surface area contributed by atoms with Crippen LogP contribution in [0.15, 0.2) is 76.9 Å². The van der Waals surface area contributed by atoms with Gasteiger partial charge < -0.3 is 5.32 Å². The van der Waals surface area contributed by atoms with E-state index >= 15 is 0 Å². The quantitative estimate of drug-likeness (QED) is 0.360. The molecule has 0 saturated heterocycles. The summed E-state index contributed by atoms with van der Waals surface area (Å²) >= 11 is 1.55. The van der Waals surface area contributed by atoms with Crippen LogP contribution in [-0.4, -0.2) is 25.7 Å². The highest BCUT2D eigenvalue weighted by Crippen LogP contribution is 2.28. The Morgan fingerprint density at radius 1 is 1.09 bits per heavy atom. The summed E-state index contributed by atoms with van der Waals surface area (Å²) in [5.41, 5.74) is 2.01. The van der Waals surface area contributed by atoms with Gasteiger partial charge in [-0.05, 0) is 33.7 Å². The third kappa shape index (κ3) is 4.40. The van der Waals surface area contributed by atoms with E-state index in [4.69, 9.17) is 0 Å². The van der Waals surface area contributed by atoms with Gasteiger partial charge in [-0.15, -0.1) is 11.3 Å². The molecule has 0 radical (unpaired) electrons. The first kappa shape index (κ1) is 21.8. The lowest BCUT2D eigenvalue weighted by atomic mass is 10.0. The Bertz CT molecular complexity index is 1530. The first-order valence-corrected chi connectivity index (χ1v) is 11.9. The maximum Gasteiger partial charge on any atom is 0.252 e. The van der Waals surface area contributed by atoms with E-state index in [9.17, 15) is 9.59 Å². The fraction of sp³-hybridized carbons (Fsp3) is 0.154. The Morgan fingerprint density at radius 2 is 1.91 bits per heavy atom. The first-order chi connectivity index (χ1) is 16.5. The molecule has 5 rings (SSSR count). The molecule has 0 bridgehead atoms. The van der Waals surface area contributed by atoms with Gasteiger partial charge in [0.1, 0.15) is 11.5 Å². The lowest BCUT2D eigenvalue weighted by Crippen LogP contribution is -2.20. The van der Waals surface area contributed by atoms with Crippen LogP contribution in [0.25, 0.3) is 27.3 Å². The van der Waals surface area contributed by atoms with E-state index < -0.39 is 0 Å². The smallest absolute Gasteiger partial charge is 0.252 e. The van der Waals surface area contributed by atoms with E-state index in [1.165, 1.54) is 10.7 Å². The van der Waals surface area contributed by atoms with Gasteiger partial charge in [0.15, 0.2) is 0 Å². The van der Waals surface area contributed by atoms with Gasteiger partial charge in [0.25, 0.3) is 5.56 Å². The van der Waals surface area contributed by atoms with E-state index in [0.29, 0.717) is 17.2 Å². The van der Waals surface area contributed by atoms with E-state index in [1.54, 1.807) is 17.4 Å². The van der Waals surface area contributed by atoms with E-state index in [0.717, 1.165) is 21.2 Å². The summed E-state index contributed by atoms with van der Waals surface area (Å²) in [6.07, 6.45) is 0.205. The number of H-pyrrole nitrogens is 1. The lowest BCUT2D eigenvalue weighted by molar-refractivity contribution is -0.115. The number of thiophene rings is 1. The van der Waals surface area contributed by atoms with Crippen LogP contribution >= 0.6 is 11.3 Å². The van der Waals surface area contributed by atoms with Gasteiger partial charge in [-0.1, -0.05) is 62.4 Å². The van der Waals surface area contributed by atoms with Crippen molar-refractivity contribution in [3.05, 3.63) is 93.7 Å². The van der Waals surface area contributed by atoms with Gasteiger partial charge >= 0.3 is 0 Å². The lowest BCUT2D eigenvalue weighted by Gasteiger charge is -2.11. The number of amides is 1. The van der Waals surface area contributed by atoms with Crippen LogP contribution in [0.3, 0.4) is 0 Å². The molecule has 170 valence electrons. The molecular weight excluding hydrogens is 446 g/mol. The third-order valence-corrected chi connectivity index (χ3v) is 6.41. The molecule has 2 N–H and O–H groups in total. The number of hydrogen-bond donors (Lipinski definition) is 2. The first-order valence-electron chi connectivity index (χ1n) is 11.0. The standard InChI is InChI=1S/C26H23N5O2S/c1-16(2)20-15-25(33)29-26(27-20)31-23(14-21(30-31)22-11-6-12-34-22)28-24(32)13-18-9-5-8-17-7-3-4-10-19(17)18/h3-12,14-16H,13H2,1-2H3,(H,28,32)(H,27,29,33). The van der Waals surface area contributed by atoms with Crippen LogP contribution < -0.4 is 10.9 Å². The van der Waals surface area contributed by atoms with Crippen LogP contribution in [0.2, 0.25) is 0 Å². The van der Waals surface area contributed by atoms with Gasteiger partial charge in [-0.25, -0.2) is 4.98 Å². The minimum atomic E-state index is -0.269. The van der Waals surface area contributed by atoms with Crippen molar-refractivity contribution >= 4 is 33.8 Å². The summed E-state index contributed by atoms with van der Waals surface area (Å²) in [6, 6.07) is 21.1. The van der Waals surface area contributed by atoms with Crippen molar-refractivity contribution in [3.63, 3.8) is 0 Å². The number of anilines is 1. The SMILES string of the molecule is CC(C)c1cc(=O)[nH]c(-n2nc(-c3cccs3)cc2NC(=O)Cc2cccc3ccccc23)n1. The molecule has 34 heavy (non-hydrogen) atoms. The van der Waals surface area contributed by atoms with E-state index in [-0.39, 0.29) is 29.8 Å². The fourth-order valence-electron chi connectivity index (χ4n) is 3.84. The molecule has 3 aromatic heterocycles. The zero-order valence-corrected chi connectivity index (χ0v) is 19.6. The Hall–Kier alpha value is -4.04. The Labute approximate surface area is 200 Å². The number of carbonyl (C=O) groups is 1.